The molecule has 0 atom stereocenters. The second-order valence-corrected chi connectivity index (χ2v) is 7.11. The van der Waals surface area contributed by atoms with Crippen molar-refractivity contribution < 1.29 is 14.3 Å². The van der Waals surface area contributed by atoms with Crippen LogP contribution < -0.4 is 20.1 Å². The Balaban J connectivity index is 1.41. The molecule has 1 saturated carbocycles. The summed E-state index contributed by atoms with van der Waals surface area (Å²) in [5.74, 6) is 2.47. The van der Waals surface area contributed by atoms with Crippen molar-refractivity contribution in [1.29, 1.82) is 0 Å². The fraction of sp³-hybridized carbons (Fsp3) is 0.381. The van der Waals surface area contributed by atoms with Gasteiger partial charge in [0.25, 0.3) is 0 Å². The van der Waals surface area contributed by atoms with Crippen molar-refractivity contribution in [2.24, 2.45) is 11.7 Å². The van der Waals surface area contributed by atoms with Crippen molar-refractivity contribution in [2.75, 3.05) is 18.2 Å². The first-order valence-electron chi connectivity index (χ1n) is 9.22. The molecular weight excluding hydrogens is 328 g/mol. The molecule has 1 fully saturated rings. The van der Waals surface area contributed by atoms with Gasteiger partial charge in [0.2, 0.25) is 6.79 Å². The minimum Gasteiger partial charge on any atom is -0.454 e. The number of nitrogens with zero attached hydrogens (tertiary/aromatic N) is 1. The Hall–Kier alpha value is -2.69. The lowest BCUT2D eigenvalue weighted by molar-refractivity contribution is 0.174. The number of primary amides is 1. The summed E-state index contributed by atoms with van der Waals surface area (Å²) >= 11 is 0. The molecule has 0 spiro atoms. The average Bonchev–Trinajstić information content (AvgIpc) is 3.15. The summed E-state index contributed by atoms with van der Waals surface area (Å²) in [6.45, 7) is 0.870. The number of amides is 2. The molecule has 0 bridgehead atoms. The van der Waals surface area contributed by atoms with Crippen LogP contribution in [-0.2, 0) is 0 Å². The quantitative estimate of drug-likeness (QED) is 0.893. The minimum absolute atomic E-state index is 0.221. The smallest absolute Gasteiger partial charge is 0.319 e. The summed E-state index contributed by atoms with van der Waals surface area (Å²) in [5, 5.41) is 0. The van der Waals surface area contributed by atoms with Gasteiger partial charge in [-0.2, -0.15) is 0 Å². The number of hydrogen-bond acceptors (Lipinski definition) is 3. The molecule has 136 valence electrons. The Bertz CT molecular complexity index is 770. The predicted molar refractivity (Wildman–Crippen MR) is 101 cm³/mol. The van der Waals surface area contributed by atoms with Crippen LogP contribution in [0.4, 0.5) is 10.5 Å². The molecule has 1 heterocycles. The predicted octanol–water partition coefficient (Wildman–Crippen LogP) is 4.27. The lowest BCUT2D eigenvalue weighted by Gasteiger charge is -2.32. The third-order valence-corrected chi connectivity index (χ3v) is 5.49. The number of anilines is 1. The highest BCUT2D eigenvalue weighted by Gasteiger charge is 2.26. The van der Waals surface area contributed by atoms with Gasteiger partial charge in [0, 0.05) is 18.3 Å². The van der Waals surface area contributed by atoms with E-state index in [-0.39, 0.29) is 6.79 Å². The van der Waals surface area contributed by atoms with Gasteiger partial charge in [0.05, 0.1) is 0 Å². The molecule has 26 heavy (non-hydrogen) atoms. The van der Waals surface area contributed by atoms with E-state index in [2.05, 4.69) is 30.3 Å². The average molecular weight is 352 g/mol. The molecule has 1 aliphatic heterocycles. The highest BCUT2D eigenvalue weighted by Crippen LogP contribution is 2.38. The van der Waals surface area contributed by atoms with E-state index in [4.69, 9.17) is 15.2 Å². The van der Waals surface area contributed by atoms with Crippen molar-refractivity contribution in [3.05, 3.63) is 54.1 Å². The Labute approximate surface area is 153 Å². The molecular formula is C21H24N2O3. The standard InChI is InChI=1S/C21H24N2O3/c22-21(24)23(18-10-11-19-20(12-18)26-14-25-19)13-15-6-8-17(9-7-15)16-4-2-1-3-5-16/h1-5,10-12,15,17H,6-9,13-14H2,(H2,22,24). The van der Waals surface area contributed by atoms with Crippen molar-refractivity contribution in [3.8, 4) is 11.5 Å². The molecule has 0 aromatic heterocycles. The fourth-order valence-electron chi connectivity index (χ4n) is 4.04. The molecule has 2 aromatic rings. The highest BCUT2D eigenvalue weighted by molar-refractivity contribution is 5.91. The van der Waals surface area contributed by atoms with Crippen LogP contribution in [0, 0.1) is 5.92 Å². The van der Waals surface area contributed by atoms with Crippen LogP contribution in [0.1, 0.15) is 37.2 Å². The largest absolute Gasteiger partial charge is 0.454 e. The van der Waals surface area contributed by atoms with Crippen molar-refractivity contribution in [2.45, 2.75) is 31.6 Å². The Morgan fingerprint density at radius 1 is 1.00 bits per heavy atom. The van der Waals surface area contributed by atoms with E-state index in [0.717, 1.165) is 31.4 Å². The van der Waals surface area contributed by atoms with Gasteiger partial charge in [-0.25, -0.2) is 4.79 Å². The first-order chi connectivity index (χ1) is 12.7. The number of fused-ring (bicyclic) bond motifs is 1. The van der Waals surface area contributed by atoms with E-state index in [1.807, 2.05) is 18.2 Å². The normalized spacial score (nSPS) is 21.4. The Morgan fingerprint density at radius 2 is 1.73 bits per heavy atom. The van der Waals surface area contributed by atoms with Gasteiger partial charge in [-0.3, -0.25) is 4.90 Å². The molecule has 5 nitrogen and oxygen atoms in total. The van der Waals surface area contributed by atoms with Crippen LogP contribution >= 0.6 is 0 Å². The molecule has 2 amide bonds. The van der Waals surface area contributed by atoms with E-state index < -0.39 is 6.03 Å². The second kappa shape index (κ2) is 7.28. The van der Waals surface area contributed by atoms with Crippen LogP contribution in [0.2, 0.25) is 0 Å². The summed E-state index contributed by atoms with van der Waals surface area (Å²) < 4.78 is 10.8. The number of ether oxygens (including phenoxy) is 2. The number of nitrogens with two attached hydrogens (primary N) is 1. The second-order valence-electron chi connectivity index (χ2n) is 7.11. The van der Waals surface area contributed by atoms with E-state index in [1.54, 1.807) is 4.90 Å². The maximum Gasteiger partial charge on any atom is 0.319 e. The maximum absolute atomic E-state index is 12.0. The Morgan fingerprint density at radius 3 is 2.46 bits per heavy atom. The Kier molecular flexibility index (Phi) is 4.69. The van der Waals surface area contributed by atoms with Crippen LogP contribution in [0.15, 0.2) is 48.5 Å². The molecule has 2 aromatic carbocycles. The van der Waals surface area contributed by atoms with Crippen LogP contribution in [0.3, 0.4) is 0 Å². The van der Waals surface area contributed by atoms with Gasteiger partial charge in [-0.1, -0.05) is 30.3 Å². The summed E-state index contributed by atoms with van der Waals surface area (Å²) in [6, 6.07) is 15.8. The first kappa shape index (κ1) is 16.8. The molecule has 0 saturated heterocycles. The van der Waals surface area contributed by atoms with Crippen LogP contribution in [-0.4, -0.2) is 19.4 Å². The monoisotopic (exact) mass is 352 g/mol. The number of benzene rings is 2. The topological polar surface area (TPSA) is 64.8 Å². The first-order valence-corrected chi connectivity index (χ1v) is 9.22. The minimum atomic E-state index is -0.422. The molecule has 4 rings (SSSR count). The number of urea groups is 1. The van der Waals surface area contributed by atoms with Crippen LogP contribution in [0.25, 0.3) is 0 Å². The fourth-order valence-corrected chi connectivity index (χ4v) is 4.04. The highest BCUT2D eigenvalue weighted by atomic mass is 16.7. The van der Waals surface area contributed by atoms with Gasteiger partial charge in [0.15, 0.2) is 11.5 Å². The molecule has 1 aliphatic carbocycles. The van der Waals surface area contributed by atoms with Gasteiger partial charge >= 0.3 is 6.03 Å². The van der Waals surface area contributed by atoms with Gasteiger partial charge < -0.3 is 15.2 Å². The van der Waals surface area contributed by atoms with E-state index in [1.165, 1.54) is 5.56 Å². The third kappa shape index (κ3) is 3.47. The van der Waals surface area contributed by atoms with Gasteiger partial charge in [-0.05, 0) is 55.2 Å². The van der Waals surface area contributed by atoms with Crippen molar-refractivity contribution >= 4 is 11.7 Å². The number of carbonyl (C=O) groups excluding carboxylic acids is 1. The zero-order valence-corrected chi connectivity index (χ0v) is 14.8. The molecule has 5 heteroatoms. The zero-order valence-electron chi connectivity index (χ0n) is 14.8. The maximum atomic E-state index is 12.0. The summed E-state index contributed by atoms with van der Waals surface area (Å²) in [7, 11) is 0. The van der Waals surface area contributed by atoms with Gasteiger partial charge in [0.1, 0.15) is 0 Å². The summed E-state index contributed by atoms with van der Waals surface area (Å²) in [6.07, 6.45) is 4.52. The molecule has 0 unspecified atom stereocenters. The van der Waals surface area contributed by atoms with Crippen molar-refractivity contribution in [1.82, 2.24) is 0 Å². The zero-order chi connectivity index (χ0) is 17.9. The number of rotatable bonds is 4. The lowest BCUT2D eigenvalue weighted by Crippen LogP contribution is -2.40. The number of carbonyl (C=O) groups is 1. The summed E-state index contributed by atoms with van der Waals surface area (Å²) in [4.78, 5) is 13.7. The van der Waals surface area contributed by atoms with E-state index >= 15 is 0 Å². The lowest BCUT2D eigenvalue weighted by atomic mass is 9.78. The summed E-state index contributed by atoms with van der Waals surface area (Å²) in [5.41, 5.74) is 7.86. The molecule has 2 aliphatic rings. The van der Waals surface area contributed by atoms with E-state index in [0.29, 0.717) is 29.9 Å². The van der Waals surface area contributed by atoms with Crippen LogP contribution in [0.5, 0.6) is 11.5 Å². The molecule has 0 radical (unpaired) electrons. The molecule has 2 N–H and O–H groups in total. The number of hydrogen-bond donors (Lipinski definition) is 1. The van der Waals surface area contributed by atoms with Crippen molar-refractivity contribution in [3.63, 3.8) is 0 Å². The van der Waals surface area contributed by atoms with E-state index in [9.17, 15) is 4.79 Å². The third-order valence-electron chi connectivity index (χ3n) is 5.49. The SMILES string of the molecule is NC(=O)N(CC1CCC(c2ccccc2)CC1)c1ccc2c(c1)OCO2. The van der Waals surface area contributed by atoms with Gasteiger partial charge in [-0.15, -0.1) is 0 Å².